The van der Waals surface area contributed by atoms with E-state index >= 15 is 0 Å². The van der Waals surface area contributed by atoms with Crippen LogP contribution >= 0.6 is 0 Å². The van der Waals surface area contributed by atoms with Gasteiger partial charge in [-0.15, -0.1) is 0 Å². The second-order valence-electron chi connectivity index (χ2n) is 4.40. The lowest BCUT2D eigenvalue weighted by Gasteiger charge is -2.00. The lowest BCUT2D eigenvalue weighted by Crippen LogP contribution is -1.94. The van der Waals surface area contributed by atoms with Gasteiger partial charge in [0.2, 0.25) is 0 Å². The molecule has 2 rings (SSSR count). The minimum Gasteiger partial charge on any atom is -0.265 e. The van der Waals surface area contributed by atoms with Gasteiger partial charge in [0.15, 0.2) is 0 Å². The summed E-state index contributed by atoms with van der Waals surface area (Å²) in [5, 5.41) is 0. The smallest absolute Gasteiger partial charge is 0.0389 e. The van der Waals surface area contributed by atoms with E-state index in [-0.39, 0.29) is 0 Å². The van der Waals surface area contributed by atoms with E-state index in [1.165, 1.54) is 56.2 Å². The van der Waals surface area contributed by atoms with E-state index in [1.54, 1.807) is 0 Å². The van der Waals surface area contributed by atoms with Crippen LogP contribution in [0.25, 0.3) is 0 Å². The SMILES string of the molecule is CC1=C(N=CC2CCCC2)CCC1. The molecule has 1 nitrogen and oxygen atoms in total. The average molecular weight is 177 g/mol. The van der Waals surface area contributed by atoms with Crippen molar-refractivity contribution in [2.24, 2.45) is 10.9 Å². The van der Waals surface area contributed by atoms with Gasteiger partial charge in [0, 0.05) is 11.9 Å². The van der Waals surface area contributed by atoms with Crippen LogP contribution in [0, 0.1) is 5.92 Å². The molecular weight excluding hydrogens is 158 g/mol. The van der Waals surface area contributed by atoms with Crippen LogP contribution in [0.4, 0.5) is 0 Å². The summed E-state index contributed by atoms with van der Waals surface area (Å²) in [4.78, 5) is 4.64. The first kappa shape index (κ1) is 8.98. The predicted octanol–water partition coefficient (Wildman–Crippen LogP) is 3.71. The van der Waals surface area contributed by atoms with Gasteiger partial charge in [-0.1, -0.05) is 18.4 Å². The second kappa shape index (κ2) is 4.08. The molecule has 0 N–H and O–H groups in total. The molecule has 0 bridgehead atoms. The molecule has 0 aliphatic heterocycles. The van der Waals surface area contributed by atoms with Gasteiger partial charge in [-0.2, -0.15) is 0 Å². The highest BCUT2D eigenvalue weighted by Gasteiger charge is 2.13. The molecule has 2 aliphatic rings. The second-order valence-corrected chi connectivity index (χ2v) is 4.40. The number of hydrogen-bond donors (Lipinski definition) is 0. The summed E-state index contributed by atoms with van der Waals surface area (Å²) >= 11 is 0. The van der Waals surface area contributed by atoms with Crippen molar-refractivity contribution in [3.05, 3.63) is 11.3 Å². The van der Waals surface area contributed by atoms with Crippen LogP contribution in [-0.4, -0.2) is 6.21 Å². The van der Waals surface area contributed by atoms with Crippen LogP contribution in [0.1, 0.15) is 51.9 Å². The van der Waals surface area contributed by atoms with E-state index in [2.05, 4.69) is 18.1 Å². The third-order valence-corrected chi connectivity index (χ3v) is 3.30. The summed E-state index contributed by atoms with van der Waals surface area (Å²) in [6.07, 6.45) is 11.6. The minimum atomic E-state index is 0.792. The molecule has 1 fully saturated rings. The molecule has 72 valence electrons. The molecule has 0 aromatic heterocycles. The minimum absolute atomic E-state index is 0.792. The van der Waals surface area contributed by atoms with Gasteiger partial charge in [0.05, 0.1) is 0 Å². The molecule has 0 saturated heterocycles. The molecule has 0 unspecified atom stereocenters. The molecule has 1 heteroatoms. The quantitative estimate of drug-likeness (QED) is 0.570. The maximum absolute atomic E-state index is 4.64. The van der Waals surface area contributed by atoms with Gasteiger partial charge in [-0.05, 0) is 44.9 Å². The fourth-order valence-corrected chi connectivity index (χ4v) is 2.36. The van der Waals surface area contributed by atoms with Gasteiger partial charge >= 0.3 is 0 Å². The molecule has 0 radical (unpaired) electrons. The summed E-state index contributed by atoms with van der Waals surface area (Å²) in [5.41, 5.74) is 2.90. The van der Waals surface area contributed by atoms with Crippen molar-refractivity contribution in [2.45, 2.75) is 51.9 Å². The Morgan fingerprint density at radius 3 is 2.54 bits per heavy atom. The van der Waals surface area contributed by atoms with E-state index in [4.69, 9.17) is 0 Å². The Labute approximate surface area is 80.9 Å². The molecule has 2 aliphatic carbocycles. The fraction of sp³-hybridized carbons (Fsp3) is 0.750. The number of rotatable bonds is 2. The molecule has 0 spiro atoms. The number of nitrogens with zero attached hydrogens (tertiary/aromatic N) is 1. The average Bonchev–Trinajstić information content (AvgIpc) is 2.72. The van der Waals surface area contributed by atoms with Gasteiger partial charge in [-0.3, -0.25) is 4.99 Å². The first-order chi connectivity index (χ1) is 6.36. The highest BCUT2D eigenvalue weighted by molar-refractivity contribution is 5.62. The molecular formula is C12H19N. The zero-order valence-corrected chi connectivity index (χ0v) is 8.55. The number of aliphatic imine (C=N–C) groups is 1. The van der Waals surface area contributed by atoms with Crippen molar-refractivity contribution in [1.82, 2.24) is 0 Å². The summed E-state index contributed by atoms with van der Waals surface area (Å²) in [5.74, 6) is 0.792. The molecule has 0 heterocycles. The maximum Gasteiger partial charge on any atom is 0.0389 e. The van der Waals surface area contributed by atoms with E-state index in [0.717, 1.165) is 5.92 Å². The number of hydrogen-bond acceptors (Lipinski definition) is 1. The molecule has 0 aromatic carbocycles. The van der Waals surface area contributed by atoms with E-state index in [0.29, 0.717) is 0 Å². The third-order valence-electron chi connectivity index (χ3n) is 3.30. The van der Waals surface area contributed by atoms with Crippen LogP contribution in [0.2, 0.25) is 0 Å². The fourth-order valence-electron chi connectivity index (χ4n) is 2.36. The van der Waals surface area contributed by atoms with Crippen LogP contribution in [0.5, 0.6) is 0 Å². The highest BCUT2D eigenvalue weighted by atomic mass is 14.7. The van der Waals surface area contributed by atoms with Crippen LogP contribution in [-0.2, 0) is 0 Å². The molecule has 0 amide bonds. The van der Waals surface area contributed by atoms with Crippen molar-refractivity contribution in [1.29, 1.82) is 0 Å². The van der Waals surface area contributed by atoms with Crippen LogP contribution < -0.4 is 0 Å². The molecule has 13 heavy (non-hydrogen) atoms. The van der Waals surface area contributed by atoms with Gasteiger partial charge in [0.1, 0.15) is 0 Å². The Morgan fingerprint density at radius 1 is 1.15 bits per heavy atom. The zero-order chi connectivity index (χ0) is 9.10. The maximum atomic E-state index is 4.64. The van der Waals surface area contributed by atoms with E-state index in [1.807, 2.05) is 0 Å². The van der Waals surface area contributed by atoms with Gasteiger partial charge in [-0.25, -0.2) is 0 Å². The van der Waals surface area contributed by atoms with E-state index in [9.17, 15) is 0 Å². The Bertz CT molecular complexity index is 232. The Balaban J connectivity index is 1.92. The molecule has 0 atom stereocenters. The third kappa shape index (κ3) is 2.20. The first-order valence-electron chi connectivity index (χ1n) is 5.59. The Hall–Kier alpha value is -0.590. The summed E-state index contributed by atoms with van der Waals surface area (Å²) in [7, 11) is 0. The zero-order valence-electron chi connectivity index (χ0n) is 8.55. The lowest BCUT2D eigenvalue weighted by molar-refractivity contribution is 0.742. The first-order valence-corrected chi connectivity index (χ1v) is 5.59. The molecule has 1 saturated carbocycles. The van der Waals surface area contributed by atoms with Crippen molar-refractivity contribution >= 4 is 6.21 Å². The van der Waals surface area contributed by atoms with Crippen molar-refractivity contribution in [3.8, 4) is 0 Å². The predicted molar refractivity (Wildman–Crippen MR) is 57.0 cm³/mol. The number of allylic oxidation sites excluding steroid dienone is 2. The highest BCUT2D eigenvalue weighted by Crippen LogP contribution is 2.28. The normalized spacial score (nSPS) is 25.3. The van der Waals surface area contributed by atoms with Crippen LogP contribution in [0.3, 0.4) is 0 Å². The Morgan fingerprint density at radius 2 is 1.92 bits per heavy atom. The van der Waals surface area contributed by atoms with E-state index < -0.39 is 0 Å². The Kier molecular flexibility index (Phi) is 2.82. The van der Waals surface area contributed by atoms with Crippen molar-refractivity contribution in [2.75, 3.05) is 0 Å². The van der Waals surface area contributed by atoms with Gasteiger partial charge in [0.25, 0.3) is 0 Å². The summed E-state index contributed by atoms with van der Waals surface area (Å²) in [6.45, 7) is 2.23. The monoisotopic (exact) mass is 177 g/mol. The molecule has 0 aromatic rings. The van der Waals surface area contributed by atoms with Crippen LogP contribution in [0.15, 0.2) is 16.3 Å². The lowest BCUT2D eigenvalue weighted by atomic mass is 10.1. The van der Waals surface area contributed by atoms with Crippen molar-refractivity contribution < 1.29 is 0 Å². The largest absolute Gasteiger partial charge is 0.265 e. The topological polar surface area (TPSA) is 12.4 Å². The van der Waals surface area contributed by atoms with Crippen molar-refractivity contribution in [3.63, 3.8) is 0 Å². The standard InChI is InChI=1S/C12H19N/c1-10-5-4-8-12(10)13-9-11-6-2-3-7-11/h9,11H,2-8H2,1H3. The summed E-state index contributed by atoms with van der Waals surface area (Å²) < 4.78 is 0. The summed E-state index contributed by atoms with van der Waals surface area (Å²) in [6, 6.07) is 0. The van der Waals surface area contributed by atoms with Gasteiger partial charge < -0.3 is 0 Å².